The van der Waals surface area contributed by atoms with E-state index in [1.807, 2.05) is 12.1 Å². The predicted molar refractivity (Wildman–Crippen MR) is 75.5 cm³/mol. The molecule has 0 aliphatic rings. The van der Waals surface area contributed by atoms with Gasteiger partial charge in [0.05, 0.1) is 17.3 Å². The molecule has 0 aromatic heterocycles. The van der Waals surface area contributed by atoms with E-state index in [0.29, 0.717) is 5.75 Å². The largest absolute Gasteiger partial charge is 0.495 e. The van der Waals surface area contributed by atoms with Crippen LogP contribution in [-0.2, 0) is 4.79 Å². The molecule has 1 aromatic carbocycles. The fourth-order valence-corrected chi connectivity index (χ4v) is 2.58. The summed E-state index contributed by atoms with van der Waals surface area (Å²) in [5.74, 6) is 0.638. The number of hydrogen-bond acceptors (Lipinski definition) is 3. The SMILES string of the molecule is CNC(=O)C(C)Nc1cc(OC)c(Br)cc1Br. The number of rotatable bonds is 4. The van der Waals surface area contributed by atoms with Crippen LogP contribution in [0.5, 0.6) is 5.75 Å². The molecule has 94 valence electrons. The summed E-state index contributed by atoms with van der Waals surface area (Å²) in [6.45, 7) is 1.79. The highest BCUT2D eigenvalue weighted by atomic mass is 79.9. The molecule has 17 heavy (non-hydrogen) atoms. The zero-order chi connectivity index (χ0) is 13.0. The number of anilines is 1. The van der Waals surface area contributed by atoms with Gasteiger partial charge in [0.15, 0.2) is 0 Å². The van der Waals surface area contributed by atoms with Crippen LogP contribution in [0.25, 0.3) is 0 Å². The normalized spacial score (nSPS) is 11.8. The second kappa shape index (κ2) is 6.26. The lowest BCUT2D eigenvalue weighted by Crippen LogP contribution is -2.35. The van der Waals surface area contributed by atoms with E-state index in [1.54, 1.807) is 21.1 Å². The van der Waals surface area contributed by atoms with E-state index in [2.05, 4.69) is 42.5 Å². The van der Waals surface area contributed by atoms with Crippen LogP contribution in [0.4, 0.5) is 5.69 Å². The van der Waals surface area contributed by atoms with Crippen LogP contribution in [0, 0.1) is 0 Å². The van der Waals surface area contributed by atoms with E-state index in [9.17, 15) is 4.79 Å². The van der Waals surface area contributed by atoms with Crippen LogP contribution in [0.15, 0.2) is 21.1 Å². The minimum Gasteiger partial charge on any atom is -0.495 e. The van der Waals surface area contributed by atoms with E-state index in [0.717, 1.165) is 14.6 Å². The first-order valence-corrected chi connectivity index (χ1v) is 6.59. The Hall–Kier alpha value is -0.750. The van der Waals surface area contributed by atoms with Gasteiger partial charge in [-0.3, -0.25) is 4.79 Å². The minimum atomic E-state index is -0.317. The number of likely N-dealkylation sites (N-methyl/N-ethyl adjacent to an activating group) is 1. The average molecular weight is 366 g/mol. The monoisotopic (exact) mass is 364 g/mol. The van der Waals surface area contributed by atoms with Crippen LogP contribution in [0.2, 0.25) is 0 Å². The van der Waals surface area contributed by atoms with Gasteiger partial charge in [0.1, 0.15) is 11.8 Å². The summed E-state index contributed by atoms with van der Waals surface area (Å²) in [5.41, 5.74) is 0.807. The van der Waals surface area contributed by atoms with E-state index in [4.69, 9.17) is 4.74 Å². The molecule has 0 heterocycles. The molecular formula is C11H14Br2N2O2. The van der Waals surface area contributed by atoms with Gasteiger partial charge in [0, 0.05) is 17.6 Å². The third-order valence-corrected chi connectivity index (χ3v) is 3.53. The molecule has 1 unspecified atom stereocenters. The molecule has 0 fully saturated rings. The van der Waals surface area contributed by atoms with Crippen molar-refractivity contribution >= 4 is 43.5 Å². The van der Waals surface area contributed by atoms with Crippen molar-refractivity contribution in [3.8, 4) is 5.75 Å². The quantitative estimate of drug-likeness (QED) is 0.862. The Labute approximate surface area is 117 Å². The summed E-state index contributed by atoms with van der Waals surface area (Å²) in [4.78, 5) is 11.4. The van der Waals surface area contributed by atoms with Crippen molar-refractivity contribution in [1.29, 1.82) is 0 Å². The summed E-state index contributed by atoms with van der Waals surface area (Å²) in [5, 5.41) is 5.69. The molecule has 2 N–H and O–H groups in total. The molecule has 0 aliphatic carbocycles. The van der Waals surface area contributed by atoms with Gasteiger partial charge < -0.3 is 15.4 Å². The molecule has 4 nitrogen and oxygen atoms in total. The van der Waals surface area contributed by atoms with Crippen molar-refractivity contribution < 1.29 is 9.53 Å². The molecule has 1 amide bonds. The molecule has 1 rings (SSSR count). The molecule has 0 aliphatic heterocycles. The maximum absolute atomic E-state index is 11.4. The van der Waals surface area contributed by atoms with Gasteiger partial charge in [-0.05, 0) is 44.8 Å². The maximum Gasteiger partial charge on any atom is 0.241 e. The Morgan fingerprint density at radius 2 is 2.00 bits per heavy atom. The van der Waals surface area contributed by atoms with Gasteiger partial charge in [0.2, 0.25) is 5.91 Å². The van der Waals surface area contributed by atoms with Crippen LogP contribution < -0.4 is 15.4 Å². The zero-order valence-corrected chi connectivity index (χ0v) is 13.0. The average Bonchev–Trinajstić information content (AvgIpc) is 2.31. The van der Waals surface area contributed by atoms with Crippen LogP contribution >= 0.6 is 31.9 Å². The first-order chi connectivity index (χ1) is 7.99. The zero-order valence-electron chi connectivity index (χ0n) is 9.80. The highest BCUT2D eigenvalue weighted by Crippen LogP contribution is 2.34. The Bertz CT molecular complexity index is 424. The van der Waals surface area contributed by atoms with Crippen molar-refractivity contribution in [2.45, 2.75) is 13.0 Å². The highest BCUT2D eigenvalue weighted by molar-refractivity contribution is 9.11. The summed E-state index contributed by atoms with van der Waals surface area (Å²) in [6, 6.07) is 3.38. The van der Waals surface area contributed by atoms with Crippen LogP contribution in [0.3, 0.4) is 0 Å². The van der Waals surface area contributed by atoms with Gasteiger partial charge >= 0.3 is 0 Å². The third kappa shape index (κ3) is 3.61. The minimum absolute atomic E-state index is 0.0706. The standard InChI is InChI=1S/C11H14Br2N2O2/c1-6(11(16)14-2)15-9-5-10(17-3)8(13)4-7(9)12/h4-6,15H,1-3H3,(H,14,16). The number of carbonyl (C=O) groups is 1. The number of methoxy groups -OCH3 is 1. The fourth-order valence-electron chi connectivity index (χ4n) is 1.31. The van der Waals surface area contributed by atoms with E-state index in [-0.39, 0.29) is 11.9 Å². The number of benzene rings is 1. The van der Waals surface area contributed by atoms with Gasteiger partial charge in [-0.1, -0.05) is 0 Å². The molecule has 6 heteroatoms. The molecular weight excluding hydrogens is 352 g/mol. The van der Waals surface area contributed by atoms with Crippen molar-refractivity contribution in [3.05, 3.63) is 21.1 Å². The number of nitrogens with one attached hydrogen (secondary N) is 2. The number of carbonyl (C=O) groups excluding carboxylic acids is 1. The van der Waals surface area contributed by atoms with Gasteiger partial charge in [-0.2, -0.15) is 0 Å². The summed E-state index contributed by atoms with van der Waals surface area (Å²) in [6.07, 6.45) is 0. The Kier molecular flexibility index (Phi) is 5.27. The molecule has 0 saturated heterocycles. The lowest BCUT2D eigenvalue weighted by Gasteiger charge is -2.16. The topological polar surface area (TPSA) is 50.4 Å². The second-order valence-corrected chi connectivity index (χ2v) is 5.16. The van der Waals surface area contributed by atoms with Crippen LogP contribution in [-0.4, -0.2) is 26.1 Å². The highest BCUT2D eigenvalue weighted by Gasteiger charge is 2.13. The number of halogens is 2. The van der Waals surface area contributed by atoms with E-state index < -0.39 is 0 Å². The molecule has 1 aromatic rings. The lowest BCUT2D eigenvalue weighted by molar-refractivity contribution is -0.121. The predicted octanol–water partition coefficient (Wildman–Crippen LogP) is 2.77. The van der Waals surface area contributed by atoms with Crippen molar-refractivity contribution in [2.24, 2.45) is 0 Å². The third-order valence-electron chi connectivity index (χ3n) is 2.25. The molecule has 0 spiro atoms. The number of amides is 1. The van der Waals surface area contributed by atoms with E-state index in [1.165, 1.54) is 0 Å². The maximum atomic E-state index is 11.4. The second-order valence-electron chi connectivity index (χ2n) is 3.45. The lowest BCUT2D eigenvalue weighted by atomic mass is 10.2. The molecule has 0 saturated carbocycles. The van der Waals surface area contributed by atoms with Crippen molar-refractivity contribution in [1.82, 2.24) is 5.32 Å². The number of ether oxygens (including phenoxy) is 1. The fraction of sp³-hybridized carbons (Fsp3) is 0.364. The molecule has 1 atom stereocenters. The van der Waals surface area contributed by atoms with E-state index >= 15 is 0 Å². The van der Waals surface area contributed by atoms with Gasteiger partial charge in [-0.25, -0.2) is 0 Å². The Morgan fingerprint density at radius 1 is 1.35 bits per heavy atom. The summed E-state index contributed by atoms with van der Waals surface area (Å²) in [7, 11) is 3.21. The smallest absolute Gasteiger partial charge is 0.241 e. The molecule has 0 radical (unpaired) electrons. The Balaban J connectivity index is 2.94. The summed E-state index contributed by atoms with van der Waals surface area (Å²) >= 11 is 6.82. The first-order valence-electron chi connectivity index (χ1n) is 5.00. The van der Waals surface area contributed by atoms with Crippen molar-refractivity contribution in [3.63, 3.8) is 0 Å². The van der Waals surface area contributed by atoms with Gasteiger partial charge in [-0.15, -0.1) is 0 Å². The molecule has 0 bridgehead atoms. The van der Waals surface area contributed by atoms with Crippen molar-refractivity contribution in [2.75, 3.05) is 19.5 Å². The Morgan fingerprint density at radius 3 is 2.53 bits per heavy atom. The summed E-state index contributed by atoms with van der Waals surface area (Å²) < 4.78 is 6.91. The number of hydrogen-bond donors (Lipinski definition) is 2. The first kappa shape index (κ1) is 14.3. The van der Waals surface area contributed by atoms with Crippen LogP contribution in [0.1, 0.15) is 6.92 Å². The van der Waals surface area contributed by atoms with Gasteiger partial charge in [0.25, 0.3) is 0 Å².